The van der Waals surface area contributed by atoms with Gasteiger partial charge in [0.1, 0.15) is 17.2 Å². The lowest BCUT2D eigenvalue weighted by molar-refractivity contribution is -0.166. The quantitative estimate of drug-likeness (QED) is 0.936. The molecular weight excluding hydrogens is 282 g/mol. The normalized spacial score (nSPS) is 10.7. The number of carbonyl (C=O) groups is 1. The lowest BCUT2D eigenvalue weighted by Gasteiger charge is -2.11. The summed E-state index contributed by atoms with van der Waals surface area (Å²) in [5, 5.41) is 17.1. The molecule has 0 aliphatic rings. The van der Waals surface area contributed by atoms with E-state index in [0.29, 0.717) is 11.3 Å². The number of alkyl halides is 2. The van der Waals surface area contributed by atoms with Crippen LogP contribution in [0.3, 0.4) is 0 Å². The lowest BCUT2D eigenvalue weighted by Crippen LogP contribution is -2.26. The molecule has 0 atom stereocenters. The van der Waals surface area contributed by atoms with Crippen molar-refractivity contribution < 1.29 is 23.4 Å². The zero-order chi connectivity index (χ0) is 15.5. The number of hydrogen-bond donors (Lipinski definition) is 1. The second kappa shape index (κ2) is 5.54. The molecular formula is C14H8F2N2O3. The molecule has 0 unspecified atom stereocenters. The van der Waals surface area contributed by atoms with Crippen molar-refractivity contribution in [1.29, 1.82) is 5.26 Å². The molecule has 7 heteroatoms. The van der Waals surface area contributed by atoms with Crippen LogP contribution in [0.4, 0.5) is 8.78 Å². The van der Waals surface area contributed by atoms with Gasteiger partial charge in [0.2, 0.25) is 0 Å². The van der Waals surface area contributed by atoms with Crippen LogP contribution in [0.1, 0.15) is 11.3 Å². The SMILES string of the molecule is N#Cc1ccc(Oc2ccc(C(F)(F)C(=O)O)nc2)cc1. The minimum Gasteiger partial charge on any atom is -0.476 e. The fraction of sp³-hybridized carbons (Fsp3) is 0.0714. The summed E-state index contributed by atoms with van der Waals surface area (Å²) in [5.74, 6) is -5.75. The summed E-state index contributed by atoms with van der Waals surface area (Å²) in [4.78, 5) is 13.8. The Morgan fingerprint density at radius 2 is 1.81 bits per heavy atom. The van der Waals surface area contributed by atoms with Crippen LogP contribution >= 0.6 is 0 Å². The number of benzene rings is 1. The first-order chi connectivity index (χ1) is 9.93. The third-order valence-corrected chi connectivity index (χ3v) is 2.55. The van der Waals surface area contributed by atoms with E-state index in [-0.39, 0.29) is 5.75 Å². The van der Waals surface area contributed by atoms with E-state index in [2.05, 4.69) is 4.98 Å². The highest BCUT2D eigenvalue weighted by Gasteiger charge is 2.42. The Kier molecular flexibility index (Phi) is 3.80. The molecule has 106 valence electrons. The Hall–Kier alpha value is -3.01. The molecule has 0 spiro atoms. The Bertz CT molecular complexity index is 692. The highest BCUT2D eigenvalue weighted by atomic mass is 19.3. The number of rotatable bonds is 4. The van der Waals surface area contributed by atoms with Crippen LogP contribution in [0.2, 0.25) is 0 Å². The minimum absolute atomic E-state index is 0.171. The number of carboxylic acid groups (broad SMARTS) is 1. The number of nitrogens with zero attached hydrogens (tertiary/aromatic N) is 2. The summed E-state index contributed by atoms with van der Waals surface area (Å²) < 4.78 is 31.7. The highest BCUT2D eigenvalue weighted by molar-refractivity contribution is 5.76. The number of aliphatic carboxylic acids is 1. The number of aromatic nitrogens is 1. The summed E-state index contributed by atoms with van der Waals surface area (Å²) in [6, 6.07) is 10.2. The first kappa shape index (κ1) is 14.4. The number of pyridine rings is 1. The predicted octanol–water partition coefficient (Wildman–Crippen LogP) is 2.92. The van der Waals surface area contributed by atoms with E-state index in [1.165, 1.54) is 30.3 Å². The summed E-state index contributed by atoms with van der Waals surface area (Å²) in [6.07, 6.45) is 1.00. The standard InChI is InChI=1S/C14H8F2N2O3/c15-14(16,13(19)20)12-6-5-11(8-18-12)21-10-3-1-9(7-17)2-4-10/h1-6,8H,(H,19,20). The topological polar surface area (TPSA) is 83.2 Å². The molecule has 0 radical (unpaired) electrons. The highest BCUT2D eigenvalue weighted by Crippen LogP contribution is 2.28. The van der Waals surface area contributed by atoms with E-state index < -0.39 is 17.6 Å². The van der Waals surface area contributed by atoms with Gasteiger partial charge in [-0.25, -0.2) is 4.79 Å². The molecule has 1 N–H and O–H groups in total. The second-order valence-corrected chi connectivity index (χ2v) is 4.00. The molecule has 0 saturated carbocycles. The third kappa shape index (κ3) is 3.12. The third-order valence-electron chi connectivity index (χ3n) is 2.55. The molecule has 0 saturated heterocycles. The van der Waals surface area contributed by atoms with Gasteiger partial charge in [0, 0.05) is 0 Å². The molecule has 1 aromatic heterocycles. The first-order valence-electron chi connectivity index (χ1n) is 5.69. The van der Waals surface area contributed by atoms with Crippen molar-refractivity contribution in [3.63, 3.8) is 0 Å². The van der Waals surface area contributed by atoms with Crippen molar-refractivity contribution in [3.05, 3.63) is 53.9 Å². The van der Waals surface area contributed by atoms with Crippen molar-refractivity contribution in [2.75, 3.05) is 0 Å². The summed E-state index contributed by atoms with van der Waals surface area (Å²) in [7, 11) is 0. The van der Waals surface area contributed by atoms with Crippen LogP contribution in [0.5, 0.6) is 11.5 Å². The van der Waals surface area contributed by atoms with Crippen molar-refractivity contribution in [1.82, 2.24) is 4.98 Å². The van der Waals surface area contributed by atoms with Gasteiger partial charge in [0.25, 0.3) is 0 Å². The van der Waals surface area contributed by atoms with Crippen molar-refractivity contribution in [2.24, 2.45) is 0 Å². The van der Waals surface area contributed by atoms with Gasteiger partial charge < -0.3 is 9.84 Å². The number of nitriles is 1. The van der Waals surface area contributed by atoms with Gasteiger partial charge in [0.15, 0.2) is 0 Å². The van der Waals surface area contributed by atoms with Gasteiger partial charge >= 0.3 is 11.9 Å². The fourth-order valence-electron chi connectivity index (χ4n) is 1.47. The van der Waals surface area contributed by atoms with Crippen molar-refractivity contribution >= 4 is 5.97 Å². The number of ether oxygens (including phenoxy) is 1. The lowest BCUT2D eigenvalue weighted by atomic mass is 10.2. The van der Waals surface area contributed by atoms with Gasteiger partial charge in [-0.1, -0.05) is 0 Å². The second-order valence-electron chi connectivity index (χ2n) is 4.00. The molecule has 2 rings (SSSR count). The fourth-order valence-corrected chi connectivity index (χ4v) is 1.47. The van der Waals surface area contributed by atoms with Gasteiger partial charge in [-0.15, -0.1) is 0 Å². The summed E-state index contributed by atoms with van der Waals surface area (Å²) in [6.45, 7) is 0. The molecule has 2 aromatic rings. The monoisotopic (exact) mass is 290 g/mol. The molecule has 0 aliphatic carbocycles. The molecule has 0 aliphatic heterocycles. The van der Waals surface area contributed by atoms with E-state index >= 15 is 0 Å². The van der Waals surface area contributed by atoms with Crippen LogP contribution in [0, 0.1) is 11.3 Å². The Morgan fingerprint density at radius 3 is 2.29 bits per heavy atom. The van der Waals surface area contributed by atoms with Crippen LogP contribution in [-0.2, 0) is 10.7 Å². The average molecular weight is 290 g/mol. The molecule has 0 fully saturated rings. The Morgan fingerprint density at radius 1 is 1.19 bits per heavy atom. The maximum absolute atomic E-state index is 13.2. The van der Waals surface area contributed by atoms with Gasteiger partial charge in [-0.2, -0.15) is 14.0 Å². The summed E-state index contributed by atoms with van der Waals surface area (Å²) >= 11 is 0. The minimum atomic E-state index is -4.05. The maximum atomic E-state index is 13.2. The van der Waals surface area contributed by atoms with E-state index in [9.17, 15) is 13.6 Å². The first-order valence-corrected chi connectivity index (χ1v) is 5.69. The smallest absolute Gasteiger partial charge is 0.384 e. The summed E-state index contributed by atoms with van der Waals surface area (Å²) in [5.41, 5.74) is -0.417. The molecule has 0 bridgehead atoms. The molecule has 1 aromatic carbocycles. The van der Waals surface area contributed by atoms with Crippen LogP contribution in [-0.4, -0.2) is 16.1 Å². The largest absolute Gasteiger partial charge is 0.476 e. The number of halogens is 2. The Labute approximate surface area is 118 Å². The van der Waals surface area contributed by atoms with E-state index in [1.54, 1.807) is 0 Å². The zero-order valence-electron chi connectivity index (χ0n) is 10.5. The van der Waals surface area contributed by atoms with Gasteiger partial charge in [0.05, 0.1) is 17.8 Å². The zero-order valence-corrected chi connectivity index (χ0v) is 10.5. The van der Waals surface area contributed by atoms with E-state index in [0.717, 1.165) is 12.3 Å². The molecule has 1 heterocycles. The number of hydrogen-bond acceptors (Lipinski definition) is 4. The molecule has 21 heavy (non-hydrogen) atoms. The van der Waals surface area contributed by atoms with E-state index in [4.69, 9.17) is 15.1 Å². The van der Waals surface area contributed by atoms with Crippen molar-refractivity contribution in [2.45, 2.75) is 5.92 Å². The van der Waals surface area contributed by atoms with Gasteiger partial charge in [-0.3, -0.25) is 4.98 Å². The van der Waals surface area contributed by atoms with Gasteiger partial charge in [-0.05, 0) is 36.4 Å². The maximum Gasteiger partial charge on any atom is 0.384 e. The predicted molar refractivity (Wildman–Crippen MR) is 67.0 cm³/mol. The van der Waals surface area contributed by atoms with E-state index in [1.807, 2.05) is 6.07 Å². The average Bonchev–Trinajstić information content (AvgIpc) is 2.48. The van der Waals surface area contributed by atoms with Crippen LogP contribution in [0.15, 0.2) is 42.6 Å². The van der Waals surface area contributed by atoms with Crippen molar-refractivity contribution in [3.8, 4) is 17.6 Å². The number of carboxylic acids is 1. The van der Waals surface area contributed by atoms with Crippen LogP contribution < -0.4 is 4.74 Å². The molecule has 0 amide bonds. The Balaban J connectivity index is 2.16. The molecule has 5 nitrogen and oxygen atoms in total. The van der Waals surface area contributed by atoms with Crippen LogP contribution in [0.25, 0.3) is 0 Å².